The van der Waals surface area contributed by atoms with Gasteiger partial charge in [0.2, 0.25) is 5.91 Å². The molecule has 0 aliphatic carbocycles. The second-order valence-corrected chi connectivity index (χ2v) is 6.99. The SMILES string of the molecule is CN=C(NCc1c(F)cccc1Cl)N1CCCC2(CNC(=O)C2)C1.I. The molecule has 2 N–H and O–H groups in total. The number of halogens is 3. The quantitative estimate of drug-likeness (QED) is 0.389. The van der Waals surface area contributed by atoms with Crippen LogP contribution in [0.15, 0.2) is 23.2 Å². The van der Waals surface area contributed by atoms with Gasteiger partial charge >= 0.3 is 0 Å². The standard InChI is InChI=1S/C17H22ClFN4O.HI/c1-20-16(21-9-12-13(18)4-2-5-14(12)19)23-7-3-6-17(11-23)8-15(24)22-10-17;/h2,4-5H,3,6-11H2,1H3,(H,20,21)(H,22,24);1H. The summed E-state index contributed by atoms with van der Waals surface area (Å²) < 4.78 is 13.9. The maximum atomic E-state index is 13.9. The Labute approximate surface area is 169 Å². The van der Waals surface area contributed by atoms with Gasteiger partial charge in [-0.3, -0.25) is 9.79 Å². The van der Waals surface area contributed by atoms with Crippen LogP contribution in [-0.2, 0) is 11.3 Å². The van der Waals surface area contributed by atoms with Gasteiger partial charge in [0.05, 0.1) is 0 Å². The third-order valence-electron chi connectivity index (χ3n) is 4.85. The maximum absolute atomic E-state index is 13.9. The van der Waals surface area contributed by atoms with Crippen LogP contribution in [0.1, 0.15) is 24.8 Å². The van der Waals surface area contributed by atoms with Gasteiger partial charge in [-0.1, -0.05) is 17.7 Å². The van der Waals surface area contributed by atoms with E-state index in [0.29, 0.717) is 23.0 Å². The first-order valence-corrected chi connectivity index (χ1v) is 8.56. The van der Waals surface area contributed by atoms with Crippen molar-refractivity contribution >= 4 is 47.4 Å². The molecule has 0 aromatic heterocycles. The van der Waals surface area contributed by atoms with E-state index in [1.165, 1.54) is 6.07 Å². The lowest BCUT2D eigenvalue weighted by atomic mass is 9.79. The number of carbonyl (C=O) groups is 1. The summed E-state index contributed by atoms with van der Waals surface area (Å²) in [5.74, 6) is 0.511. The molecule has 2 heterocycles. The van der Waals surface area contributed by atoms with Gasteiger partial charge in [-0.25, -0.2) is 4.39 Å². The van der Waals surface area contributed by atoms with E-state index in [2.05, 4.69) is 20.5 Å². The minimum atomic E-state index is -0.328. The zero-order valence-corrected chi connectivity index (χ0v) is 17.2. The first kappa shape index (κ1) is 20.2. The normalized spacial score (nSPS) is 23.4. The second kappa shape index (κ2) is 8.53. The van der Waals surface area contributed by atoms with Gasteiger partial charge in [0.15, 0.2) is 5.96 Å². The number of hydrogen-bond donors (Lipinski definition) is 2. The predicted molar refractivity (Wildman–Crippen MR) is 108 cm³/mol. The molecule has 1 atom stereocenters. The van der Waals surface area contributed by atoms with Crippen molar-refractivity contribution in [1.82, 2.24) is 15.5 Å². The zero-order valence-electron chi connectivity index (χ0n) is 14.1. The third kappa shape index (κ3) is 4.55. The van der Waals surface area contributed by atoms with Crippen molar-refractivity contribution in [2.75, 3.05) is 26.7 Å². The van der Waals surface area contributed by atoms with Crippen LogP contribution in [0.25, 0.3) is 0 Å². The van der Waals surface area contributed by atoms with Crippen molar-refractivity contribution in [2.45, 2.75) is 25.8 Å². The van der Waals surface area contributed by atoms with Crippen molar-refractivity contribution in [3.63, 3.8) is 0 Å². The van der Waals surface area contributed by atoms with Crippen LogP contribution in [0.3, 0.4) is 0 Å². The number of amides is 1. The molecule has 2 saturated heterocycles. The van der Waals surface area contributed by atoms with E-state index < -0.39 is 0 Å². The summed E-state index contributed by atoms with van der Waals surface area (Å²) in [6.07, 6.45) is 2.62. The van der Waals surface area contributed by atoms with E-state index >= 15 is 0 Å². The molecule has 0 radical (unpaired) electrons. The van der Waals surface area contributed by atoms with E-state index in [9.17, 15) is 9.18 Å². The van der Waals surface area contributed by atoms with E-state index in [1.54, 1.807) is 19.2 Å². The number of carbonyl (C=O) groups excluding carboxylic acids is 1. The van der Waals surface area contributed by atoms with Crippen LogP contribution in [-0.4, -0.2) is 43.4 Å². The van der Waals surface area contributed by atoms with Crippen LogP contribution in [0.2, 0.25) is 5.02 Å². The molecule has 2 aliphatic heterocycles. The van der Waals surface area contributed by atoms with Gasteiger partial charge in [0.1, 0.15) is 5.82 Å². The number of piperidine rings is 1. The van der Waals surface area contributed by atoms with Crippen LogP contribution in [0, 0.1) is 11.2 Å². The van der Waals surface area contributed by atoms with Gasteiger partial charge in [0, 0.05) is 55.6 Å². The Bertz CT molecular complexity index is 652. The number of hydrogen-bond acceptors (Lipinski definition) is 2. The molecule has 0 bridgehead atoms. The summed E-state index contributed by atoms with van der Waals surface area (Å²) in [5, 5.41) is 6.54. The Hall–Kier alpha value is -1.09. The predicted octanol–water partition coefficient (Wildman–Crippen LogP) is 2.77. The summed E-state index contributed by atoms with van der Waals surface area (Å²) in [4.78, 5) is 18.1. The van der Waals surface area contributed by atoms with E-state index in [1.807, 2.05) is 0 Å². The first-order chi connectivity index (χ1) is 11.5. The van der Waals surface area contributed by atoms with Crippen molar-refractivity contribution in [3.8, 4) is 0 Å². The Morgan fingerprint density at radius 2 is 2.32 bits per heavy atom. The number of nitrogens with zero attached hydrogens (tertiary/aromatic N) is 2. The average Bonchev–Trinajstić information content (AvgIpc) is 2.90. The molecule has 5 nitrogen and oxygen atoms in total. The van der Waals surface area contributed by atoms with Crippen LogP contribution in [0.4, 0.5) is 4.39 Å². The fourth-order valence-corrected chi connectivity index (χ4v) is 3.86. The summed E-state index contributed by atoms with van der Waals surface area (Å²) in [6.45, 7) is 2.65. The number of benzene rings is 1. The third-order valence-corrected chi connectivity index (χ3v) is 5.21. The van der Waals surface area contributed by atoms with E-state index in [0.717, 1.165) is 32.5 Å². The topological polar surface area (TPSA) is 56.7 Å². The minimum absolute atomic E-state index is 0. The molecule has 1 amide bonds. The number of guanidine groups is 1. The summed E-state index contributed by atoms with van der Waals surface area (Å²) >= 11 is 6.08. The molecule has 3 rings (SSSR count). The molecular formula is C17H23ClFIN4O. The van der Waals surface area contributed by atoms with Crippen LogP contribution in [0.5, 0.6) is 0 Å². The molecule has 1 aromatic rings. The molecule has 0 saturated carbocycles. The van der Waals surface area contributed by atoms with Gasteiger partial charge in [-0.05, 0) is 25.0 Å². The van der Waals surface area contributed by atoms with Crippen molar-refractivity contribution < 1.29 is 9.18 Å². The summed E-state index contributed by atoms with van der Waals surface area (Å²) in [7, 11) is 1.71. The molecule has 25 heavy (non-hydrogen) atoms. The lowest BCUT2D eigenvalue weighted by Crippen LogP contribution is -2.51. The maximum Gasteiger partial charge on any atom is 0.220 e. The lowest BCUT2D eigenvalue weighted by Gasteiger charge is -2.40. The highest BCUT2D eigenvalue weighted by atomic mass is 127. The molecule has 8 heteroatoms. The summed E-state index contributed by atoms with van der Waals surface area (Å²) in [6, 6.07) is 4.67. The van der Waals surface area contributed by atoms with Gasteiger partial charge < -0.3 is 15.5 Å². The Morgan fingerprint density at radius 1 is 1.52 bits per heavy atom. The number of nitrogens with one attached hydrogen (secondary N) is 2. The van der Waals surface area contributed by atoms with Crippen molar-refractivity contribution in [3.05, 3.63) is 34.6 Å². The number of likely N-dealkylation sites (tertiary alicyclic amines) is 1. The van der Waals surface area contributed by atoms with Crippen molar-refractivity contribution in [1.29, 1.82) is 0 Å². The first-order valence-electron chi connectivity index (χ1n) is 8.18. The zero-order chi connectivity index (χ0) is 17.2. The molecule has 1 aromatic carbocycles. The Morgan fingerprint density at radius 3 is 2.96 bits per heavy atom. The molecular weight excluding hydrogens is 458 g/mol. The Balaban J connectivity index is 0.00000225. The molecule has 2 fully saturated rings. The lowest BCUT2D eigenvalue weighted by molar-refractivity contribution is -0.119. The highest BCUT2D eigenvalue weighted by molar-refractivity contribution is 14.0. The minimum Gasteiger partial charge on any atom is -0.355 e. The van der Waals surface area contributed by atoms with Crippen LogP contribution < -0.4 is 10.6 Å². The highest BCUT2D eigenvalue weighted by Crippen LogP contribution is 2.36. The average molecular weight is 481 g/mol. The Kier molecular flexibility index (Phi) is 6.90. The van der Waals surface area contributed by atoms with Gasteiger partial charge in [0.25, 0.3) is 0 Å². The fourth-order valence-electron chi connectivity index (χ4n) is 3.63. The van der Waals surface area contributed by atoms with Crippen LogP contribution >= 0.6 is 35.6 Å². The van der Waals surface area contributed by atoms with Gasteiger partial charge in [-0.15, -0.1) is 24.0 Å². The molecule has 138 valence electrons. The fraction of sp³-hybridized carbons (Fsp3) is 0.529. The van der Waals surface area contributed by atoms with Crippen molar-refractivity contribution in [2.24, 2.45) is 10.4 Å². The molecule has 2 aliphatic rings. The molecule has 1 spiro atoms. The van der Waals surface area contributed by atoms with E-state index in [4.69, 9.17) is 11.6 Å². The monoisotopic (exact) mass is 480 g/mol. The summed E-state index contributed by atoms with van der Waals surface area (Å²) in [5.41, 5.74) is 0.424. The number of aliphatic imine (C=N–C) groups is 1. The highest BCUT2D eigenvalue weighted by Gasteiger charge is 2.42. The largest absolute Gasteiger partial charge is 0.355 e. The second-order valence-electron chi connectivity index (χ2n) is 6.58. The molecule has 1 unspecified atom stereocenters. The van der Waals surface area contributed by atoms with E-state index in [-0.39, 0.29) is 47.7 Å². The van der Waals surface area contributed by atoms with Gasteiger partial charge in [-0.2, -0.15) is 0 Å². The number of rotatable bonds is 2. The smallest absolute Gasteiger partial charge is 0.220 e.